The highest BCUT2D eigenvalue weighted by molar-refractivity contribution is 6.74. The highest BCUT2D eigenvalue weighted by atomic mass is 28.4. The standard InChI is InChI=1S/C18H32O4Si/c1-11(19)12-8-9-13-15(22-23(6,7)18(2,3)4)10-14(16(12)13)17(20)21-5/h12-16H,8-10H2,1-7H3/t12-,13-,14-,15+,16-/m0/s1. The lowest BCUT2D eigenvalue weighted by Gasteiger charge is -2.39. The maximum atomic E-state index is 12.3. The van der Waals surface area contributed by atoms with Gasteiger partial charge in [0.2, 0.25) is 0 Å². The molecular weight excluding hydrogens is 308 g/mol. The molecule has 0 aromatic rings. The Balaban J connectivity index is 2.24. The van der Waals surface area contributed by atoms with Crippen molar-refractivity contribution in [2.24, 2.45) is 23.7 Å². The van der Waals surface area contributed by atoms with Crippen molar-refractivity contribution in [3.05, 3.63) is 0 Å². The zero-order valence-electron chi connectivity index (χ0n) is 15.6. The van der Waals surface area contributed by atoms with Crippen LogP contribution in [0.3, 0.4) is 0 Å². The van der Waals surface area contributed by atoms with Gasteiger partial charge in [0.15, 0.2) is 8.32 Å². The maximum absolute atomic E-state index is 12.3. The summed E-state index contributed by atoms with van der Waals surface area (Å²) in [7, 11) is -0.449. The van der Waals surface area contributed by atoms with Gasteiger partial charge in [-0.15, -0.1) is 0 Å². The van der Waals surface area contributed by atoms with Gasteiger partial charge in [-0.2, -0.15) is 0 Å². The van der Waals surface area contributed by atoms with Gasteiger partial charge in [0.1, 0.15) is 5.78 Å². The molecule has 23 heavy (non-hydrogen) atoms. The number of carbonyl (C=O) groups excluding carboxylic acids is 2. The Bertz CT molecular complexity index is 480. The number of ketones is 1. The first-order valence-corrected chi connectivity index (χ1v) is 11.7. The molecule has 0 spiro atoms. The molecule has 0 heterocycles. The SMILES string of the molecule is COC(=O)[C@H]1C[C@@H](O[Si](C)(C)C(C)(C)C)[C@@H]2CC[C@@H](C(C)=O)[C@@H]21. The number of rotatable bonds is 4. The molecule has 0 amide bonds. The molecule has 2 aliphatic carbocycles. The van der Waals surface area contributed by atoms with Crippen molar-refractivity contribution < 1.29 is 18.8 Å². The van der Waals surface area contributed by atoms with Gasteiger partial charge in [0, 0.05) is 12.0 Å². The summed E-state index contributed by atoms with van der Waals surface area (Å²) in [6.45, 7) is 12.9. The summed E-state index contributed by atoms with van der Waals surface area (Å²) in [4.78, 5) is 24.3. The fourth-order valence-electron chi connectivity index (χ4n) is 4.22. The number of carbonyl (C=O) groups is 2. The van der Waals surface area contributed by atoms with Crippen molar-refractivity contribution in [1.82, 2.24) is 0 Å². The summed E-state index contributed by atoms with van der Waals surface area (Å²) in [5.41, 5.74) is 0. The second kappa shape index (κ2) is 6.32. The lowest BCUT2D eigenvalue weighted by Crippen LogP contribution is -2.45. The second-order valence-corrected chi connectivity index (χ2v) is 13.6. The van der Waals surface area contributed by atoms with Gasteiger partial charge in [0.05, 0.1) is 13.0 Å². The van der Waals surface area contributed by atoms with Crippen LogP contribution in [0, 0.1) is 23.7 Å². The van der Waals surface area contributed by atoms with Crippen LogP contribution in [0.2, 0.25) is 18.1 Å². The average Bonchev–Trinajstić information content (AvgIpc) is 2.97. The summed E-state index contributed by atoms with van der Waals surface area (Å²) in [6.07, 6.45) is 2.67. The van der Waals surface area contributed by atoms with Gasteiger partial charge in [-0.25, -0.2) is 0 Å². The van der Waals surface area contributed by atoms with Gasteiger partial charge >= 0.3 is 5.97 Å². The highest BCUT2D eigenvalue weighted by Crippen LogP contribution is 2.54. The number of hydrogen-bond donors (Lipinski definition) is 0. The van der Waals surface area contributed by atoms with E-state index in [0.717, 1.165) is 12.8 Å². The number of hydrogen-bond acceptors (Lipinski definition) is 4. The highest BCUT2D eigenvalue weighted by Gasteiger charge is 2.56. The van der Waals surface area contributed by atoms with E-state index in [1.54, 1.807) is 6.92 Å². The van der Waals surface area contributed by atoms with Crippen LogP contribution in [-0.4, -0.2) is 33.3 Å². The van der Waals surface area contributed by atoms with E-state index in [1.807, 2.05) is 0 Å². The van der Waals surface area contributed by atoms with Crippen LogP contribution in [0.1, 0.15) is 47.0 Å². The molecule has 0 unspecified atom stereocenters. The van der Waals surface area contributed by atoms with E-state index in [1.165, 1.54) is 7.11 Å². The molecule has 132 valence electrons. The first kappa shape index (κ1) is 18.7. The summed E-state index contributed by atoms with van der Waals surface area (Å²) in [5.74, 6) is 0.277. The third kappa shape index (κ3) is 3.41. The van der Waals surface area contributed by atoms with E-state index in [9.17, 15) is 9.59 Å². The van der Waals surface area contributed by atoms with E-state index in [2.05, 4.69) is 33.9 Å². The summed E-state index contributed by atoms with van der Waals surface area (Å²) >= 11 is 0. The van der Waals surface area contributed by atoms with Gasteiger partial charge in [0.25, 0.3) is 0 Å². The fourth-order valence-corrected chi connectivity index (χ4v) is 5.60. The minimum absolute atomic E-state index is 0.00267. The minimum atomic E-state index is -1.89. The van der Waals surface area contributed by atoms with Crippen LogP contribution in [-0.2, 0) is 18.8 Å². The Hall–Kier alpha value is -0.683. The molecule has 0 N–H and O–H groups in total. The van der Waals surface area contributed by atoms with Crippen molar-refractivity contribution >= 4 is 20.1 Å². The molecule has 0 aromatic heterocycles. The van der Waals surface area contributed by atoms with E-state index in [4.69, 9.17) is 9.16 Å². The van der Waals surface area contributed by atoms with Crippen molar-refractivity contribution in [3.63, 3.8) is 0 Å². The number of Topliss-reactive ketones (excluding diaryl/α,β-unsaturated/α-hetero) is 1. The smallest absolute Gasteiger partial charge is 0.309 e. The number of fused-ring (bicyclic) bond motifs is 1. The lowest BCUT2D eigenvalue weighted by molar-refractivity contribution is -0.147. The Morgan fingerprint density at radius 1 is 1.09 bits per heavy atom. The normalized spacial score (nSPS) is 34.3. The summed E-state index contributed by atoms with van der Waals surface area (Å²) < 4.78 is 11.7. The Morgan fingerprint density at radius 3 is 2.17 bits per heavy atom. The molecule has 0 radical (unpaired) electrons. The first-order chi connectivity index (χ1) is 10.5. The van der Waals surface area contributed by atoms with E-state index in [0.29, 0.717) is 12.3 Å². The van der Waals surface area contributed by atoms with Gasteiger partial charge < -0.3 is 9.16 Å². The molecule has 0 saturated heterocycles. The molecule has 2 rings (SSSR count). The van der Waals surface area contributed by atoms with Gasteiger partial charge in [-0.3, -0.25) is 9.59 Å². The number of methoxy groups -OCH3 is 1. The Labute approximate surface area is 141 Å². The zero-order valence-corrected chi connectivity index (χ0v) is 16.6. The van der Waals surface area contributed by atoms with Crippen molar-refractivity contribution in [2.45, 2.75) is 71.2 Å². The van der Waals surface area contributed by atoms with E-state index < -0.39 is 8.32 Å². The lowest BCUT2D eigenvalue weighted by atomic mass is 9.82. The molecular formula is C18H32O4Si. The zero-order chi connectivity index (χ0) is 17.6. The first-order valence-electron chi connectivity index (χ1n) is 8.75. The van der Waals surface area contributed by atoms with Crippen LogP contribution in [0.15, 0.2) is 0 Å². The van der Waals surface area contributed by atoms with Crippen LogP contribution >= 0.6 is 0 Å². The third-order valence-electron chi connectivity index (χ3n) is 6.48. The van der Waals surface area contributed by atoms with Crippen LogP contribution < -0.4 is 0 Å². The molecule has 5 heteroatoms. The topological polar surface area (TPSA) is 52.6 Å². The van der Waals surface area contributed by atoms with E-state index in [-0.39, 0.29) is 40.6 Å². The number of esters is 1. The van der Waals surface area contributed by atoms with E-state index >= 15 is 0 Å². The molecule has 2 saturated carbocycles. The predicted molar refractivity (Wildman–Crippen MR) is 92.6 cm³/mol. The maximum Gasteiger partial charge on any atom is 0.309 e. The van der Waals surface area contributed by atoms with Crippen LogP contribution in [0.4, 0.5) is 0 Å². The molecule has 4 nitrogen and oxygen atoms in total. The predicted octanol–water partition coefficient (Wildman–Crippen LogP) is 3.80. The van der Waals surface area contributed by atoms with Gasteiger partial charge in [-0.1, -0.05) is 20.8 Å². The molecule has 0 bridgehead atoms. The summed E-state index contributed by atoms with van der Waals surface area (Å²) in [5, 5.41) is 0.143. The molecule has 2 aliphatic rings. The van der Waals surface area contributed by atoms with Crippen LogP contribution in [0.5, 0.6) is 0 Å². The largest absolute Gasteiger partial charge is 0.469 e. The third-order valence-corrected chi connectivity index (χ3v) is 11.0. The number of ether oxygens (including phenoxy) is 1. The van der Waals surface area contributed by atoms with Crippen LogP contribution in [0.25, 0.3) is 0 Å². The Morgan fingerprint density at radius 2 is 1.70 bits per heavy atom. The molecule has 0 aliphatic heterocycles. The van der Waals surface area contributed by atoms with Crippen molar-refractivity contribution in [3.8, 4) is 0 Å². The Kier molecular flexibility index (Phi) is 5.12. The molecule has 5 atom stereocenters. The minimum Gasteiger partial charge on any atom is -0.469 e. The quantitative estimate of drug-likeness (QED) is 0.577. The molecule has 2 fully saturated rings. The summed E-state index contributed by atoms with van der Waals surface area (Å²) in [6, 6.07) is 0. The van der Waals surface area contributed by atoms with Crippen molar-refractivity contribution in [2.75, 3.05) is 7.11 Å². The fraction of sp³-hybridized carbons (Fsp3) is 0.889. The second-order valence-electron chi connectivity index (χ2n) is 8.82. The monoisotopic (exact) mass is 340 g/mol. The average molecular weight is 341 g/mol. The van der Waals surface area contributed by atoms with Crippen molar-refractivity contribution in [1.29, 1.82) is 0 Å². The molecule has 0 aromatic carbocycles. The van der Waals surface area contributed by atoms with Gasteiger partial charge in [-0.05, 0) is 56.2 Å².